The number of carbonyl (C=O) groups excluding carboxylic acids is 1. The minimum atomic E-state index is -0.300. The van der Waals surface area contributed by atoms with E-state index in [0.717, 1.165) is 30.8 Å². The number of amides is 1. The molecule has 0 unspecified atom stereocenters. The number of aromatic nitrogens is 2. The number of hydrogen-bond acceptors (Lipinski definition) is 5. The highest BCUT2D eigenvalue weighted by molar-refractivity contribution is 5.79. The van der Waals surface area contributed by atoms with Crippen molar-refractivity contribution in [2.24, 2.45) is 5.92 Å². The van der Waals surface area contributed by atoms with Crippen molar-refractivity contribution in [3.05, 3.63) is 78.5 Å². The normalized spacial score (nSPS) is 16.2. The molecule has 154 valence electrons. The molecule has 30 heavy (non-hydrogen) atoms. The van der Waals surface area contributed by atoms with E-state index in [4.69, 9.17) is 4.74 Å². The molecule has 1 atom stereocenters. The monoisotopic (exact) mass is 406 g/mol. The summed E-state index contributed by atoms with van der Waals surface area (Å²) in [6, 6.07) is 13.4. The first-order valence-corrected chi connectivity index (χ1v) is 9.98. The SMILES string of the molecule is O=C(NCc1ccc(Oc2ccc(F)cc2)cc1)[C@@H]1CCCN(c2cnccn2)C1. The van der Waals surface area contributed by atoms with Crippen LogP contribution < -0.4 is 15.0 Å². The number of piperidine rings is 1. The number of nitrogens with one attached hydrogen (secondary N) is 1. The summed E-state index contributed by atoms with van der Waals surface area (Å²) in [7, 11) is 0. The Hall–Kier alpha value is -3.48. The number of nitrogens with zero attached hydrogens (tertiary/aromatic N) is 3. The molecule has 0 aliphatic carbocycles. The molecule has 0 radical (unpaired) electrons. The molecule has 1 aromatic heterocycles. The molecule has 1 amide bonds. The zero-order valence-corrected chi connectivity index (χ0v) is 16.5. The summed E-state index contributed by atoms with van der Waals surface area (Å²) in [6.45, 7) is 1.99. The Kier molecular flexibility index (Phi) is 6.17. The molecule has 4 rings (SSSR count). The lowest BCUT2D eigenvalue weighted by Crippen LogP contribution is -2.43. The van der Waals surface area contributed by atoms with Gasteiger partial charge in [-0.05, 0) is 54.8 Å². The van der Waals surface area contributed by atoms with E-state index in [-0.39, 0.29) is 17.6 Å². The van der Waals surface area contributed by atoms with Crippen molar-refractivity contribution in [1.29, 1.82) is 0 Å². The largest absolute Gasteiger partial charge is 0.457 e. The summed E-state index contributed by atoms with van der Waals surface area (Å²) in [4.78, 5) is 23.2. The third-order valence-electron chi connectivity index (χ3n) is 5.11. The second-order valence-electron chi connectivity index (χ2n) is 7.27. The van der Waals surface area contributed by atoms with Crippen molar-refractivity contribution < 1.29 is 13.9 Å². The Morgan fingerprint density at radius 3 is 2.53 bits per heavy atom. The van der Waals surface area contributed by atoms with Crippen LogP contribution >= 0.6 is 0 Å². The van der Waals surface area contributed by atoms with Gasteiger partial charge in [-0.25, -0.2) is 9.37 Å². The van der Waals surface area contributed by atoms with Gasteiger partial charge in [0.15, 0.2) is 0 Å². The number of rotatable bonds is 6. The summed E-state index contributed by atoms with van der Waals surface area (Å²) in [5, 5.41) is 3.03. The minimum absolute atomic E-state index is 0.0511. The molecular weight excluding hydrogens is 383 g/mol. The highest BCUT2D eigenvalue weighted by Gasteiger charge is 2.26. The van der Waals surface area contributed by atoms with Gasteiger partial charge in [0.25, 0.3) is 0 Å². The molecule has 1 aliphatic heterocycles. The minimum Gasteiger partial charge on any atom is -0.457 e. The Bertz CT molecular complexity index is 965. The number of anilines is 1. The maximum atomic E-state index is 13.0. The van der Waals surface area contributed by atoms with Gasteiger partial charge in [0.2, 0.25) is 5.91 Å². The van der Waals surface area contributed by atoms with Crippen molar-refractivity contribution in [1.82, 2.24) is 15.3 Å². The lowest BCUT2D eigenvalue weighted by atomic mass is 9.97. The van der Waals surface area contributed by atoms with Crippen molar-refractivity contribution in [3.8, 4) is 11.5 Å². The second kappa shape index (κ2) is 9.35. The van der Waals surface area contributed by atoms with E-state index >= 15 is 0 Å². The zero-order valence-electron chi connectivity index (χ0n) is 16.5. The molecule has 1 saturated heterocycles. The summed E-state index contributed by atoms with van der Waals surface area (Å²) in [6.07, 6.45) is 6.86. The Labute approximate surface area is 174 Å². The van der Waals surface area contributed by atoms with Gasteiger partial charge in [0.05, 0.1) is 12.1 Å². The average molecular weight is 406 g/mol. The quantitative estimate of drug-likeness (QED) is 0.672. The van der Waals surface area contributed by atoms with Crippen LogP contribution in [0.2, 0.25) is 0 Å². The molecule has 1 aliphatic rings. The van der Waals surface area contributed by atoms with E-state index < -0.39 is 0 Å². The van der Waals surface area contributed by atoms with Crippen molar-refractivity contribution >= 4 is 11.7 Å². The van der Waals surface area contributed by atoms with E-state index in [1.54, 1.807) is 30.7 Å². The highest BCUT2D eigenvalue weighted by Crippen LogP contribution is 2.23. The Balaban J connectivity index is 1.28. The molecule has 1 fully saturated rings. The molecular formula is C23H23FN4O2. The predicted molar refractivity (Wildman–Crippen MR) is 112 cm³/mol. The van der Waals surface area contributed by atoms with Crippen LogP contribution in [0.15, 0.2) is 67.1 Å². The molecule has 7 heteroatoms. The van der Waals surface area contributed by atoms with Crippen LogP contribution in [0.4, 0.5) is 10.2 Å². The number of hydrogen-bond donors (Lipinski definition) is 1. The van der Waals surface area contributed by atoms with Crippen LogP contribution in [-0.4, -0.2) is 29.0 Å². The first-order valence-electron chi connectivity index (χ1n) is 9.98. The molecule has 1 N–H and O–H groups in total. The lowest BCUT2D eigenvalue weighted by molar-refractivity contribution is -0.125. The predicted octanol–water partition coefficient (Wildman–Crippen LogP) is 3.94. The number of carbonyl (C=O) groups is 1. The number of ether oxygens (including phenoxy) is 1. The molecule has 0 saturated carbocycles. The maximum absolute atomic E-state index is 13.0. The van der Waals surface area contributed by atoms with Crippen molar-refractivity contribution in [2.45, 2.75) is 19.4 Å². The van der Waals surface area contributed by atoms with Gasteiger partial charge < -0.3 is 15.0 Å². The zero-order chi connectivity index (χ0) is 20.8. The molecule has 0 spiro atoms. The average Bonchev–Trinajstić information content (AvgIpc) is 2.80. The fourth-order valence-electron chi connectivity index (χ4n) is 3.50. The molecule has 0 bridgehead atoms. The van der Waals surface area contributed by atoms with Crippen LogP contribution in [0.3, 0.4) is 0 Å². The third-order valence-corrected chi connectivity index (χ3v) is 5.11. The molecule has 6 nitrogen and oxygen atoms in total. The van der Waals surface area contributed by atoms with Gasteiger partial charge in [-0.15, -0.1) is 0 Å². The van der Waals surface area contributed by atoms with Gasteiger partial charge in [-0.3, -0.25) is 9.78 Å². The number of halogens is 1. The standard InChI is InChI=1S/C23H23FN4O2/c24-19-5-9-21(10-6-19)30-20-7-3-17(4-8-20)14-27-23(29)18-2-1-13-28(16-18)22-15-25-11-12-26-22/h3-12,15,18H,1-2,13-14,16H2,(H,27,29)/t18-/m1/s1. The van der Waals surface area contributed by atoms with E-state index in [1.807, 2.05) is 24.3 Å². The van der Waals surface area contributed by atoms with Crippen molar-refractivity contribution in [2.75, 3.05) is 18.0 Å². The van der Waals surface area contributed by atoms with Gasteiger partial charge in [0, 0.05) is 32.0 Å². The fourth-order valence-corrected chi connectivity index (χ4v) is 3.50. The van der Waals surface area contributed by atoms with Gasteiger partial charge in [-0.2, -0.15) is 0 Å². The van der Waals surface area contributed by atoms with Crippen LogP contribution in [0.25, 0.3) is 0 Å². The first-order chi connectivity index (χ1) is 14.7. The highest BCUT2D eigenvalue weighted by atomic mass is 19.1. The Morgan fingerprint density at radius 1 is 1.10 bits per heavy atom. The van der Waals surface area contributed by atoms with E-state index in [1.165, 1.54) is 12.1 Å². The van der Waals surface area contributed by atoms with E-state index in [0.29, 0.717) is 24.6 Å². The lowest BCUT2D eigenvalue weighted by Gasteiger charge is -2.32. The van der Waals surface area contributed by atoms with Crippen molar-refractivity contribution in [3.63, 3.8) is 0 Å². The summed E-state index contributed by atoms with van der Waals surface area (Å²) < 4.78 is 18.7. The smallest absolute Gasteiger partial charge is 0.225 e. The number of benzene rings is 2. The third kappa shape index (κ3) is 5.11. The van der Waals surface area contributed by atoms with Crippen LogP contribution in [-0.2, 0) is 11.3 Å². The Morgan fingerprint density at radius 2 is 1.83 bits per heavy atom. The molecule has 2 heterocycles. The van der Waals surface area contributed by atoms with Crippen LogP contribution in [0.5, 0.6) is 11.5 Å². The maximum Gasteiger partial charge on any atom is 0.225 e. The summed E-state index contributed by atoms with van der Waals surface area (Å²) in [5.74, 6) is 1.72. The fraction of sp³-hybridized carbons (Fsp3) is 0.261. The summed E-state index contributed by atoms with van der Waals surface area (Å²) >= 11 is 0. The van der Waals surface area contributed by atoms with Crippen LogP contribution in [0.1, 0.15) is 18.4 Å². The topological polar surface area (TPSA) is 67.3 Å². The van der Waals surface area contributed by atoms with Gasteiger partial charge in [-0.1, -0.05) is 12.1 Å². The first kappa shape index (κ1) is 19.8. The van der Waals surface area contributed by atoms with E-state index in [9.17, 15) is 9.18 Å². The second-order valence-corrected chi connectivity index (χ2v) is 7.27. The molecule has 3 aromatic rings. The van der Waals surface area contributed by atoms with E-state index in [2.05, 4.69) is 20.2 Å². The summed E-state index contributed by atoms with van der Waals surface area (Å²) in [5.41, 5.74) is 0.983. The van der Waals surface area contributed by atoms with Gasteiger partial charge in [0.1, 0.15) is 23.1 Å². The van der Waals surface area contributed by atoms with Crippen LogP contribution in [0, 0.1) is 11.7 Å². The molecule has 2 aromatic carbocycles. The van der Waals surface area contributed by atoms with Gasteiger partial charge >= 0.3 is 0 Å².